The third-order valence-electron chi connectivity index (χ3n) is 5.60. The summed E-state index contributed by atoms with van der Waals surface area (Å²) in [5.41, 5.74) is 1.75. The average molecular weight is 525 g/mol. The number of nitrogens with one attached hydrogen (secondary N) is 1. The van der Waals surface area contributed by atoms with Crippen LogP contribution in [0.25, 0.3) is 10.8 Å². The minimum Gasteiger partial charge on any atom is -0.497 e. The van der Waals surface area contributed by atoms with Gasteiger partial charge in [0, 0.05) is 30.1 Å². The number of aliphatic hydroxyl groups is 1. The average Bonchev–Trinajstić information content (AvgIpc) is 3.01. The lowest BCUT2D eigenvalue weighted by Gasteiger charge is -2.25. The minimum atomic E-state index is -1.26. The highest BCUT2D eigenvalue weighted by Crippen LogP contribution is 2.48. The number of anilines is 1. The van der Waals surface area contributed by atoms with E-state index in [1.165, 1.54) is 0 Å². The van der Waals surface area contributed by atoms with E-state index in [4.69, 9.17) is 14.9 Å². The number of nitrogens with zero attached hydrogens (tertiary/aromatic N) is 1. The maximum absolute atomic E-state index is 13.3. The number of rotatable bonds is 7. The van der Waals surface area contributed by atoms with Gasteiger partial charge in [0.2, 0.25) is 0 Å². The van der Waals surface area contributed by atoms with Gasteiger partial charge in [-0.15, -0.1) is 11.8 Å². The highest BCUT2D eigenvalue weighted by Gasteiger charge is 2.37. The second-order valence-electron chi connectivity index (χ2n) is 7.99. The monoisotopic (exact) mass is 524 g/mol. The minimum absolute atomic E-state index is 0.275. The van der Waals surface area contributed by atoms with Gasteiger partial charge >= 0.3 is 11.9 Å². The number of aliphatic carboxylic acids is 2. The molecule has 0 fully saturated rings. The lowest BCUT2D eigenvalue weighted by atomic mass is 10.1. The molecule has 1 aliphatic heterocycles. The summed E-state index contributed by atoms with van der Waals surface area (Å²) in [6.07, 6.45) is -0.0265. The van der Waals surface area contributed by atoms with Crippen LogP contribution in [-0.4, -0.2) is 66.5 Å². The van der Waals surface area contributed by atoms with Crippen LogP contribution in [0.4, 0.5) is 5.69 Å². The van der Waals surface area contributed by atoms with Crippen LogP contribution in [0.2, 0.25) is 0 Å². The number of thioether (sulfide) groups is 1. The topological polar surface area (TPSA) is 136 Å². The Kier molecular flexibility index (Phi) is 9.67. The maximum Gasteiger partial charge on any atom is 0.328 e. The van der Waals surface area contributed by atoms with Gasteiger partial charge in [-0.1, -0.05) is 42.5 Å². The summed E-state index contributed by atoms with van der Waals surface area (Å²) in [5, 5.41) is 31.6. The molecule has 1 aliphatic rings. The van der Waals surface area contributed by atoms with Crippen molar-refractivity contribution < 1.29 is 34.4 Å². The number of carbonyl (C=O) groups is 3. The van der Waals surface area contributed by atoms with E-state index in [1.807, 2.05) is 55.6 Å². The standard InChI is InChI=1S/C23H24N2O3S.C4H4O4/c1-24-13-14-25-19-12-9-15-5-3-4-6-18(15)22(19)29-21(20(26)23(25)27)16-7-10-17(28-2)11-8-16;5-3(6)1-2-4(7)8/h3-12,20-21,24,26H,13-14H2,1-2H3;1-2H,(H,5,6)(H,7,8)/b;2-1+/t20-,21+;/m1./s1. The lowest BCUT2D eigenvalue weighted by Crippen LogP contribution is -2.43. The summed E-state index contributed by atoms with van der Waals surface area (Å²) in [5.74, 6) is -2.04. The third-order valence-corrected chi connectivity index (χ3v) is 7.05. The zero-order valence-electron chi connectivity index (χ0n) is 20.3. The molecule has 0 aliphatic carbocycles. The number of fused-ring (bicyclic) bond motifs is 3. The van der Waals surface area contributed by atoms with Crippen LogP contribution in [0.1, 0.15) is 10.8 Å². The first kappa shape index (κ1) is 27.7. The molecule has 3 aromatic rings. The molecule has 4 rings (SSSR count). The first-order chi connectivity index (χ1) is 17.8. The van der Waals surface area contributed by atoms with E-state index in [2.05, 4.69) is 17.4 Å². The van der Waals surface area contributed by atoms with Crippen molar-refractivity contribution in [3.63, 3.8) is 0 Å². The molecule has 0 saturated carbocycles. The van der Waals surface area contributed by atoms with Crippen molar-refractivity contribution >= 4 is 46.1 Å². The fourth-order valence-electron chi connectivity index (χ4n) is 3.81. The highest BCUT2D eigenvalue weighted by atomic mass is 32.2. The summed E-state index contributed by atoms with van der Waals surface area (Å²) in [6, 6.07) is 19.7. The number of carbonyl (C=O) groups excluding carboxylic acids is 1. The van der Waals surface area contributed by atoms with E-state index in [1.54, 1.807) is 23.8 Å². The van der Waals surface area contributed by atoms with Crippen LogP contribution in [0.3, 0.4) is 0 Å². The summed E-state index contributed by atoms with van der Waals surface area (Å²) >= 11 is 1.55. The number of carboxylic acid groups (broad SMARTS) is 2. The van der Waals surface area contributed by atoms with Crippen LogP contribution in [-0.2, 0) is 14.4 Å². The van der Waals surface area contributed by atoms with Crippen molar-refractivity contribution in [1.82, 2.24) is 5.32 Å². The molecule has 0 unspecified atom stereocenters. The molecule has 37 heavy (non-hydrogen) atoms. The van der Waals surface area contributed by atoms with Crippen LogP contribution in [0.15, 0.2) is 77.7 Å². The van der Waals surface area contributed by atoms with E-state index < -0.39 is 23.3 Å². The Bertz CT molecular complexity index is 1280. The van der Waals surface area contributed by atoms with Gasteiger partial charge in [-0.2, -0.15) is 0 Å². The van der Waals surface area contributed by atoms with Crippen molar-refractivity contribution in [3.05, 3.63) is 78.4 Å². The Morgan fingerprint density at radius 3 is 2.27 bits per heavy atom. The number of benzene rings is 3. The van der Waals surface area contributed by atoms with Gasteiger partial charge in [-0.3, -0.25) is 4.79 Å². The molecule has 9 nitrogen and oxygen atoms in total. The smallest absolute Gasteiger partial charge is 0.328 e. The van der Waals surface area contributed by atoms with E-state index in [-0.39, 0.29) is 5.91 Å². The van der Waals surface area contributed by atoms with Crippen LogP contribution < -0.4 is 15.0 Å². The Morgan fingerprint density at radius 1 is 1.03 bits per heavy atom. The van der Waals surface area contributed by atoms with Crippen LogP contribution >= 0.6 is 11.8 Å². The number of methoxy groups -OCH3 is 1. The number of likely N-dealkylation sites (N-methyl/N-ethyl adjacent to an activating group) is 1. The van der Waals surface area contributed by atoms with Gasteiger partial charge in [-0.25, -0.2) is 9.59 Å². The van der Waals surface area contributed by atoms with Crippen LogP contribution in [0, 0.1) is 0 Å². The van der Waals surface area contributed by atoms with Gasteiger partial charge in [0.05, 0.1) is 18.0 Å². The van der Waals surface area contributed by atoms with Crippen molar-refractivity contribution in [2.45, 2.75) is 16.2 Å². The molecule has 0 radical (unpaired) electrons. The van der Waals surface area contributed by atoms with E-state index in [0.29, 0.717) is 25.2 Å². The molecular weight excluding hydrogens is 496 g/mol. The molecular formula is C27H28N2O7S. The van der Waals surface area contributed by atoms with E-state index in [9.17, 15) is 19.5 Å². The number of ether oxygens (including phenoxy) is 1. The normalized spacial score (nSPS) is 17.1. The van der Waals surface area contributed by atoms with Crippen LogP contribution in [0.5, 0.6) is 5.75 Å². The number of amides is 1. The van der Waals surface area contributed by atoms with Gasteiger partial charge in [0.15, 0.2) is 0 Å². The predicted octanol–water partition coefficient (Wildman–Crippen LogP) is 3.32. The number of hydrogen-bond acceptors (Lipinski definition) is 7. The first-order valence-electron chi connectivity index (χ1n) is 11.4. The molecule has 4 N–H and O–H groups in total. The SMILES string of the molecule is CNCCN1C(=O)[C@H](O)[C@H](c2ccc(OC)cc2)Sc2c1ccc1ccccc21.O=C(O)/C=C/C(=O)O. The molecule has 1 heterocycles. The summed E-state index contributed by atoms with van der Waals surface area (Å²) in [6.45, 7) is 1.14. The molecule has 0 saturated heterocycles. The third kappa shape index (κ3) is 6.88. The zero-order chi connectivity index (χ0) is 26.9. The maximum atomic E-state index is 13.3. The van der Waals surface area contributed by atoms with Gasteiger partial charge < -0.3 is 30.3 Å². The van der Waals surface area contributed by atoms with Gasteiger partial charge in [0.1, 0.15) is 11.9 Å². The fraction of sp³-hybridized carbons (Fsp3) is 0.222. The first-order valence-corrected chi connectivity index (χ1v) is 12.2. The molecule has 10 heteroatoms. The van der Waals surface area contributed by atoms with Gasteiger partial charge in [0.25, 0.3) is 5.91 Å². The molecule has 3 aromatic carbocycles. The summed E-state index contributed by atoms with van der Waals surface area (Å²) < 4.78 is 5.25. The Hall–Kier alpha value is -3.86. The number of aliphatic hydroxyl groups excluding tert-OH is 1. The fourth-order valence-corrected chi connectivity index (χ4v) is 5.21. The molecule has 0 aromatic heterocycles. The quantitative estimate of drug-likeness (QED) is 0.343. The second-order valence-corrected chi connectivity index (χ2v) is 9.15. The Balaban J connectivity index is 0.000000414. The van der Waals surface area contributed by atoms with E-state index in [0.717, 1.165) is 32.7 Å². The Morgan fingerprint density at radius 2 is 1.68 bits per heavy atom. The number of carboxylic acids is 2. The number of hydrogen-bond donors (Lipinski definition) is 4. The van der Waals surface area contributed by atoms with Gasteiger partial charge in [-0.05, 0) is 41.6 Å². The van der Waals surface area contributed by atoms with Crippen molar-refractivity contribution in [3.8, 4) is 5.75 Å². The summed E-state index contributed by atoms with van der Waals surface area (Å²) in [7, 11) is 3.48. The van der Waals surface area contributed by atoms with E-state index >= 15 is 0 Å². The molecule has 194 valence electrons. The van der Waals surface area contributed by atoms with Crippen molar-refractivity contribution in [1.29, 1.82) is 0 Å². The molecule has 0 bridgehead atoms. The van der Waals surface area contributed by atoms with Crippen molar-refractivity contribution in [2.24, 2.45) is 0 Å². The molecule has 0 spiro atoms. The lowest BCUT2D eigenvalue weighted by molar-refractivity contribution is -0.134. The Labute approximate surface area is 218 Å². The summed E-state index contributed by atoms with van der Waals surface area (Å²) in [4.78, 5) is 35.1. The predicted molar refractivity (Wildman–Crippen MR) is 142 cm³/mol. The molecule has 2 atom stereocenters. The largest absolute Gasteiger partial charge is 0.497 e. The highest BCUT2D eigenvalue weighted by molar-refractivity contribution is 8.00. The molecule has 1 amide bonds. The zero-order valence-corrected chi connectivity index (χ0v) is 21.1. The van der Waals surface area contributed by atoms with Crippen molar-refractivity contribution in [2.75, 3.05) is 32.1 Å². The second kappa shape index (κ2) is 12.9.